The molecule has 1 saturated heterocycles. The molecule has 1 heterocycles. The van der Waals surface area contributed by atoms with Crippen molar-refractivity contribution >= 4 is 6.09 Å². The highest BCUT2D eigenvalue weighted by Crippen LogP contribution is 2.15. The zero-order valence-electron chi connectivity index (χ0n) is 13.1. The van der Waals surface area contributed by atoms with Crippen LogP contribution in [0.2, 0.25) is 0 Å². The molecule has 5 heteroatoms. The van der Waals surface area contributed by atoms with Crippen molar-refractivity contribution in [2.45, 2.75) is 45.8 Å². The van der Waals surface area contributed by atoms with Gasteiger partial charge >= 0.3 is 6.09 Å². The topological polar surface area (TPSA) is 59.6 Å². The number of carbonyl (C=O) groups is 1. The SMILES string of the molecule is CC(NC/C=C/CNC(=O)OC(C)(C)C)C1CCOC1. The van der Waals surface area contributed by atoms with Gasteiger partial charge in [-0.3, -0.25) is 0 Å². The van der Waals surface area contributed by atoms with Crippen molar-refractivity contribution in [3.8, 4) is 0 Å². The smallest absolute Gasteiger partial charge is 0.407 e. The number of carbonyl (C=O) groups excluding carboxylic acids is 1. The Kier molecular flexibility index (Phi) is 7.02. The van der Waals surface area contributed by atoms with Crippen molar-refractivity contribution in [1.29, 1.82) is 0 Å². The van der Waals surface area contributed by atoms with E-state index in [2.05, 4.69) is 17.6 Å². The number of hydrogen-bond acceptors (Lipinski definition) is 4. The molecule has 1 aliphatic rings. The molecule has 1 rings (SSSR count). The maximum Gasteiger partial charge on any atom is 0.407 e. The van der Waals surface area contributed by atoms with Crippen molar-refractivity contribution in [2.24, 2.45) is 5.92 Å². The number of ether oxygens (including phenoxy) is 2. The standard InChI is InChI=1S/C15H28N2O3/c1-12(13-7-10-19-11-13)16-8-5-6-9-17-14(18)20-15(2,3)4/h5-6,12-13,16H,7-11H2,1-4H3,(H,17,18)/b6-5+. The molecule has 0 aromatic carbocycles. The van der Waals surface area contributed by atoms with Crippen LogP contribution in [-0.2, 0) is 9.47 Å². The van der Waals surface area contributed by atoms with Gasteiger partial charge in [0.2, 0.25) is 0 Å². The lowest BCUT2D eigenvalue weighted by atomic mass is 10.0. The van der Waals surface area contributed by atoms with Gasteiger partial charge < -0.3 is 20.1 Å². The lowest BCUT2D eigenvalue weighted by molar-refractivity contribution is 0.0534. The van der Waals surface area contributed by atoms with E-state index in [4.69, 9.17) is 9.47 Å². The highest BCUT2D eigenvalue weighted by atomic mass is 16.6. The molecular weight excluding hydrogens is 256 g/mol. The molecule has 5 nitrogen and oxygen atoms in total. The third kappa shape index (κ3) is 7.50. The Morgan fingerprint density at radius 3 is 2.70 bits per heavy atom. The first kappa shape index (κ1) is 17.0. The fourth-order valence-corrected chi connectivity index (χ4v) is 1.99. The normalized spacial score (nSPS) is 21.1. The van der Waals surface area contributed by atoms with Crippen molar-refractivity contribution in [3.63, 3.8) is 0 Å². The molecule has 20 heavy (non-hydrogen) atoms. The first-order valence-corrected chi connectivity index (χ1v) is 7.31. The Morgan fingerprint density at radius 1 is 1.40 bits per heavy atom. The maximum atomic E-state index is 11.4. The predicted octanol–water partition coefficient (Wildman–Crippen LogP) is 2.08. The van der Waals surface area contributed by atoms with Crippen LogP contribution in [0, 0.1) is 5.92 Å². The van der Waals surface area contributed by atoms with Crippen LogP contribution in [-0.4, -0.2) is 44.0 Å². The summed E-state index contributed by atoms with van der Waals surface area (Å²) < 4.78 is 10.5. The first-order chi connectivity index (χ1) is 9.38. The molecule has 2 unspecified atom stereocenters. The summed E-state index contributed by atoms with van der Waals surface area (Å²) in [6, 6.07) is 0.459. The van der Waals surface area contributed by atoms with E-state index >= 15 is 0 Å². The third-order valence-electron chi connectivity index (χ3n) is 3.16. The fraction of sp³-hybridized carbons (Fsp3) is 0.800. The van der Waals surface area contributed by atoms with Gasteiger partial charge in [-0.05, 0) is 40.0 Å². The van der Waals surface area contributed by atoms with Crippen molar-refractivity contribution in [2.75, 3.05) is 26.3 Å². The number of hydrogen-bond donors (Lipinski definition) is 2. The Morgan fingerprint density at radius 2 is 2.10 bits per heavy atom. The van der Waals surface area contributed by atoms with Gasteiger partial charge in [-0.2, -0.15) is 0 Å². The number of nitrogens with one attached hydrogen (secondary N) is 2. The predicted molar refractivity (Wildman–Crippen MR) is 79.8 cm³/mol. The molecule has 0 bridgehead atoms. The summed E-state index contributed by atoms with van der Waals surface area (Å²) in [5, 5.41) is 6.13. The van der Waals surface area contributed by atoms with E-state index in [9.17, 15) is 4.79 Å². The molecule has 1 amide bonds. The maximum absolute atomic E-state index is 11.4. The van der Waals surface area contributed by atoms with E-state index in [0.29, 0.717) is 18.5 Å². The summed E-state index contributed by atoms with van der Waals surface area (Å²) in [5.41, 5.74) is -0.450. The fourth-order valence-electron chi connectivity index (χ4n) is 1.99. The monoisotopic (exact) mass is 284 g/mol. The summed E-state index contributed by atoms with van der Waals surface area (Å²) in [6.45, 7) is 10.8. The van der Waals surface area contributed by atoms with Crippen LogP contribution in [0.5, 0.6) is 0 Å². The highest BCUT2D eigenvalue weighted by Gasteiger charge is 2.21. The molecule has 0 saturated carbocycles. The van der Waals surface area contributed by atoms with E-state index in [1.807, 2.05) is 32.9 Å². The largest absolute Gasteiger partial charge is 0.444 e. The van der Waals surface area contributed by atoms with E-state index < -0.39 is 5.60 Å². The van der Waals surface area contributed by atoms with E-state index in [1.165, 1.54) is 0 Å². The van der Waals surface area contributed by atoms with E-state index in [1.54, 1.807) is 0 Å². The van der Waals surface area contributed by atoms with Crippen LogP contribution >= 0.6 is 0 Å². The molecule has 0 aromatic rings. The average Bonchev–Trinajstić information content (AvgIpc) is 2.84. The molecule has 116 valence electrons. The molecular formula is C15H28N2O3. The summed E-state index contributed by atoms with van der Waals surface area (Å²) in [5.74, 6) is 0.614. The first-order valence-electron chi connectivity index (χ1n) is 7.31. The lowest BCUT2D eigenvalue weighted by Gasteiger charge is -2.19. The van der Waals surface area contributed by atoms with Crippen LogP contribution in [0.4, 0.5) is 4.79 Å². The molecule has 0 aromatic heterocycles. The minimum Gasteiger partial charge on any atom is -0.444 e. The number of rotatable bonds is 6. The van der Waals surface area contributed by atoms with Crippen LogP contribution in [0.15, 0.2) is 12.2 Å². The average molecular weight is 284 g/mol. The van der Waals surface area contributed by atoms with Gasteiger partial charge in [-0.15, -0.1) is 0 Å². The van der Waals surface area contributed by atoms with Gasteiger partial charge in [0.1, 0.15) is 5.60 Å². The molecule has 0 aliphatic carbocycles. The summed E-state index contributed by atoms with van der Waals surface area (Å²) in [6.07, 6.45) is 4.70. The van der Waals surface area contributed by atoms with Crippen LogP contribution in [0.25, 0.3) is 0 Å². The summed E-state index contributed by atoms with van der Waals surface area (Å²) in [4.78, 5) is 11.4. The van der Waals surface area contributed by atoms with Gasteiger partial charge in [0.05, 0.1) is 6.61 Å². The second-order valence-corrected chi connectivity index (χ2v) is 6.17. The zero-order valence-corrected chi connectivity index (χ0v) is 13.1. The summed E-state index contributed by atoms with van der Waals surface area (Å²) >= 11 is 0. The van der Waals surface area contributed by atoms with Crippen molar-refractivity contribution < 1.29 is 14.3 Å². The highest BCUT2D eigenvalue weighted by molar-refractivity contribution is 5.67. The van der Waals surface area contributed by atoms with Gasteiger partial charge in [0.25, 0.3) is 0 Å². The minimum absolute atomic E-state index is 0.383. The molecule has 1 aliphatic heterocycles. The Balaban J connectivity index is 2.05. The second kappa shape index (κ2) is 8.27. The lowest BCUT2D eigenvalue weighted by Crippen LogP contribution is -2.34. The van der Waals surface area contributed by atoms with Crippen molar-refractivity contribution in [3.05, 3.63) is 12.2 Å². The van der Waals surface area contributed by atoms with Crippen LogP contribution in [0.3, 0.4) is 0 Å². The van der Waals surface area contributed by atoms with Gasteiger partial charge in [-0.1, -0.05) is 12.2 Å². The summed E-state index contributed by atoms with van der Waals surface area (Å²) in [7, 11) is 0. The van der Waals surface area contributed by atoms with Crippen LogP contribution < -0.4 is 10.6 Å². The zero-order chi connectivity index (χ0) is 15.0. The molecule has 0 spiro atoms. The molecule has 1 fully saturated rings. The minimum atomic E-state index is -0.450. The van der Waals surface area contributed by atoms with Gasteiger partial charge in [0.15, 0.2) is 0 Å². The quantitative estimate of drug-likeness (QED) is 0.733. The Bertz CT molecular complexity index is 318. The number of amides is 1. The van der Waals surface area contributed by atoms with Gasteiger partial charge in [-0.25, -0.2) is 4.79 Å². The second-order valence-electron chi connectivity index (χ2n) is 6.17. The molecule has 2 atom stereocenters. The number of alkyl carbamates (subject to hydrolysis) is 1. The third-order valence-corrected chi connectivity index (χ3v) is 3.16. The van der Waals surface area contributed by atoms with E-state index in [0.717, 1.165) is 26.2 Å². The van der Waals surface area contributed by atoms with Gasteiger partial charge in [0, 0.05) is 25.7 Å². The molecule has 2 N–H and O–H groups in total. The Hall–Kier alpha value is -1.07. The van der Waals surface area contributed by atoms with E-state index in [-0.39, 0.29) is 6.09 Å². The molecule has 0 radical (unpaired) electrons. The Labute approximate surface area is 122 Å². The van der Waals surface area contributed by atoms with Crippen LogP contribution in [0.1, 0.15) is 34.1 Å². The van der Waals surface area contributed by atoms with Crippen molar-refractivity contribution in [1.82, 2.24) is 10.6 Å².